The molecule has 0 unspecified atom stereocenters. The minimum Gasteiger partial charge on any atom is -0.489 e. The van der Waals surface area contributed by atoms with Crippen LogP contribution in [0.5, 0.6) is 5.75 Å². The molecule has 5 rings (SSSR count). The molecule has 0 N–H and O–H groups in total. The van der Waals surface area contributed by atoms with Crippen molar-refractivity contribution in [1.29, 1.82) is 0 Å². The molecular formula is C29H28ClNOS. The Bertz CT molecular complexity index is 1210. The van der Waals surface area contributed by atoms with E-state index >= 15 is 0 Å². The monoisotopic (exact) mass is 473 g/mol. The molecule has 2 nitrogen and oxygen atoms in total. The predicted octanol–water partition coefficient (Wildman–Crippen LogP) is 9.07. The van der Waals surface area contributed by atoms with E-state index in [0.717, 1.165) is 38.0 Å². The first-order chi connectivity index (χ1) is 16.2. The Hall–Kier alpha value is -2.62. The molecule has 1 heterocycles. The fraction of sp³-hybridized carbons (Fsp3) is 0.276. The Morgan fingerprint density at radius 1 is 0.909 bits per heavy atom. The summed E-state index contributed by atoms with van der Waals surface area (Å²) < 4.78 is 6.27. The van der Waals surface area contributed by atoms with Crippen LogP contribution in [0.15, 0.2) is 72.9 Å². The van der Waals surface area contributed by atoms with Gasteiger partial charge in [0.15, 0.2) is 0 Å². The molecule has 1 aliphatic rings. The number of aryl methyl sites for hydroxylation is 1. The number of aromatic nitrogens is 1. The Morgan fingerprint density at radius 3 is 2.33 bits per heavy atom. The van der Waals surface area contributed by atoms with Crippen molar-refractivity contribution in [2.24, 2.45) is 0 Å². The van der Waals surface area contributed by atoms with Crippen molar-refractivity contribution in [3.8, 4) is 27.4 Å². The molecule has 3 aromatic carbocycles. The average Bonchev–Trinajstić information content (AvgIpc) is 3.30. The first kappa shape index (κ1) is 22.2. The van der Waals surface area contributed by atoms with Crippen LogP contribution in [0.4, 0.5) is 0 Å². The number of halogens is 1. The van der Waals surface area contributed by atoms with Gasteiger partial charge in [-0.2, -0.15) is 0 Å². The lowest BCUT2D eigenvalue weighted by Gasteiger charge is -2.22. The summed E-state index contributed by atoms with van der Waals surface area (Å²) in [5.41, 5.74) is 6.00. The molecule has 4 heteroatoms. The van der Waals surface area contributed by atoms with Crippen molar-refractivity contribution in [2.75, 3.05) is 0 Å². The third kappa shape index (κ3) is 5.31. The molecule has 1 aromatic heterocycles. The predicted molar refractivity (Wildman–Crippen MR) is 139 cm³/mol. The second-order valence-corrected chi connectivity index (χ2v) is 10.5. The molecule has 0 spiro atoms. The van der Waals surface area contributed by atoms with Crippen LogP contribution >= 0.6 is 22.9 Å². The highest BCUT2D eigenvalue weighted by Crippen LogP contribution is 2.34. The minimum absolute atomic E-state index is 0.499. The molecule has 0 aliphatic heterocycles. The number of nitrogens with zero attached hydrogens (tertiary/aromatic N) is 1. The summed E-state index contributed by atoms with van der Waals surface area (Å²) in [6, 6.07) is 23.3. The zero-order valence-electron chi connectivity index (χ0n) is 18.9. The molecule has 0 amide bonds. The Balaban J connectivity index is 1.39. The van der Waals surface area contributed by atoms with E-state index in [1.807, 2.05) is 18.3 Å². The zero-order chi connectivity index (χ0) is 22.6. The van der Waals surface area contributed by atoms with Crippen LogP contribution in [0.2, 0.25) is 5.02 Å². The Morgan fingerprint density at radius 2 is 1.64 bits per heavy atom. The second kappa shape index (κ2) is 10.1. The van der Waals surface area contributed by atoms with Crippen LogP contribution in [0.1, 0.15) is 54.0 Å². The molecule has 1 fully saturated rings. The van der Waals surface area contributed by atoms with Gasteiger partial charge in [-0.3, -0.25) is 0 Å². The van der Waals surface area contributed by atoms with Crippen molar-refractivity contribution in [1.82, 2.24) is 4.98 Å². The van der Waals surface area contributed by atoms with Gasteiger partial charge in [0.25, 0.3) is 0 Å². The van der Waals surface area contributed by atoms with E-state index in [1.165, 1.54) is 42.5 Å². The van der Waals surface area contributed by atoms with Crippen LogP contribution in [-0.2, 0) is 6.61 Å². The van der Waals surface area contributed by atoms with E-state index in [-0.39, 0.29) is 0 Å². The first-order valence-electron chi connectivity index (χ1n) is 11.7. The summed E-state index contributed by atoms with van der Waals surface area (Å²) in [6.45, 7) is 2.59. The highest BCUT2D eigenvalue weighted by atomic mass is 35.5. The average molecular weight is 474 g/mol. The third-order valence-corrected chi connectivity index (χ3v) is 7.69. The smallest absolute Gasteiger partial charge is 0.123 e. The van der Waals surface area contributed by atoms with Crippen LogP contribution in [-0.4, -0.2) is 4.98 Å². The molecule has 0 atom stereocenters. The summed E-state index contributed by atoms with van der Waals surface area (Å²) in [5, 5.41) is 1.78. The van der Waals surface area contributed by atoms with Gasteiger partial charge in [0.05, 0.1) is 0 Å². The maximum atomic E-state index is 6.27. The van der Waals surface area contributed by atoms with Gasteiger partial charge < -0.3 is 4.74 Å². The van der Waals surface area contributed by atoms with Crippen LogP contribution in [0, 0.1) is 6.92 Å². The van der Waals surface area contributed by atoms with Gasteiger partial charge in [-0.15, -0.1) is 11.3 Å². The summed E-state index contributed by atoms with van der Waals surface area (Å²) in [7, 11) is 0. The lowest BCUT2D eigenvalue weighted by molar-refractivity contribution is 0.306. The molecule has 4 aromatic rings. The molecule has 33 heavy (non-hydrogen) atoms. The standard InChI is InChI=1S/C29H28ClNOS/c1-20-18-31-29(33-20)24-11-16-28(23-7-12-26(30)13-8-23)25(17-24)19-32-27-14-9-22(10-15-27)21-5-3-2-4-6-21/h7-18,21H,2-6,19H2,1H3. The zero-order valence-corrected chi connectivity index (χ0v) is 20.5. The summed E-state index contributed by atoms with van der Waals surface area (Å²) in [6.07, 6.45) is 8.64. The van der Waals surface area contributed by atoms with Crippen molar-refractivity contribution >= 4 is 22.9 Å². The molecule has 1 saturated carbocycles. The molecule has 0 bridgehead atoms. The van der Waals surface area contributed by atoms with Crippen LogP contribution in [0.25, 0.3) is 21.7 Å². The second-order valence-electron chi connectivity index (χ2n) is 8.85. The minimum atomic E-state index is 0.499. The lowest BCUT2D eigenvalue weighted by Crippen LogP contribution is -2.04. The van der Waals surface area contributed by atoms with Gasteiger partial charge in [0.2, 0.25) is 0 Å². The number of benzene rings is 3. The largest absolute Gasteiger partial charge is 0.489 e. The molecule has 1 aliphatic carbocycles. The molecule has 0 saturated heterocycles. The van der Waals surface area contributed by atoms with Gasteiger partial charge in [0.1, 0.15) is 17.4 Å². The molecule has 168 valence electrons. The van der Waals surface area contributed by atoms with E-state index in [0.29, 0.717) is 12.5 Å². The van der Waals surface area contributed by atoms with Gasteiger partial charge >= 0.3 is 0 Å². The third-order valence-electron chi connectivity index (χ3n) is 6.48. The maximum Gasteiger partial charge on any atom is 0.123 e. The lowest BCUT2D eigenvalue weighted by atomic mass is 9.84. The molecular weight excluding hydrogens is 446 g/mol. The highest BCUT2D eigenvalue weighted by Gasteiger charge is 2.15. The molecule has 0 radical (unpaired) electrons. The fourth-order valence-corrected chi connectivity index (χ4v) is 5.57. The van der Waals surface area contributed by atoms with Crippen LogP contribution in [0.3, 0.4) is 0 Å². The van der Waals surface area contributed by atoms with E-state index in [4.69, 9.17) is 16.3 Å². The van der Waals surface area contributed by atoms with E-state index in [1.54, 1.807) is 11.3 Å². The van der Waals surface area contributed by atoms with Crippen molar-refractivity contribution in [2.45, 2.75) is 51.6 Å². The van der Waals surface area contributed by atoms with Gasteiger partial charge in [-0.25, -0.2) is 4.98 Å². The van der Waals surface area contributed by atoms with Crippen molar-refractivity contribution in [3.05, 3.63) is 94.0 Å². The SMILES string of the molecule is Cc1cnc(-c2ccc(-c3ccc(Cl)cc3)c(COc3ccc(C4CCCCC4)cc3)c2)s1. The number of ether oxygens (including phenoxy) is 1. The number of rotatable bonds is 6. The van der Waals surface area contributed by atoms with Gasteiger partial charge in [-0.05, 0) is 78.3 Å². The van der Waals surface area contributed by atoms with E-state index < -0.39 is 0 Å². The highest BCUT2D eigenvalue weighted by molar-refractivity contribution is 7.14. The van der Waals surface area contributed by atoms with Gasteiger partial charge in [0, 0.05) is 21.7 Å². The summed E-state index contributed by atoms with van der Waals surface area (Å²) in [4.78, 5) is 5.78. The number of thiazole rings is 1. The van der Waals surface area contributed by atoms with Crippen LogP contribution < -0.4 is 4.74 Å². The Labute approximate surface area is 205 Å². The van der Waals surface area contributed by atoms with Gasteiger partial charge in [-0.1, -0.05) is 67.3 Å². The Kier molecular flexibility index (Phi) is 6.80. The summed E-state index contributed by atoms with van der Waals surface area (Å²) >= 11 is 7.84. The van der Waals surface area contributed by atoms with Crippen molar-refractivity contribution in [3.63, 3.8) is 0 Å². The normalized spacial score (nSPS) is 14.4. The number of hydrogen-bond acceptors (Lipinski definition) is 3. The van der Waals surface area contributed by atoms with E-state index in [9.17, 15) is 0 Å². The maximum absolute atomic E-state index is 6.27. The fourth-order valence-electron chi connectivity index (χ4n) is 4.68. The number of hydrogen-bond donors (Lipinski definition) is 0. The van der Waals surface area contributed by atoms with E-state index in [2.05, 4.69) is 66.5 Å². The summed E-state index contributed by atoms with van der Waals surface area (Å²) in [5.74, 6) is 1.62. The quantitative estimate of drug-likeness (QED) is 0.278. The van der Waals surface area contributed by atoms with Crippen molar-refractivity contribution < 1.29 is 4.74 Å². The first-order valence-corrected chi connectivity index (χ1v) is 12.9. The topological polar surface area (TPSA) is 22.1 Å².